The van der Waals surface area contributed by atoms with Gasteiger partial charge >= 0.3 is 0 Å². The van der Waals surface area contributed by atoms with Crippen molar-refractivity contribution in [1.29, 1.82) is 0 Å². The molecule has 0 aromatic heterocycles. The molecule has 1 aromatic carbocycles. The second-order valence-electron chi connectivity index (χ2n) is 7.07. The molecule has 0 bridgehead atoms. The molecule has 2 aliphatic rings. The van der Waals surface area contributed by atoms with Crippen molar-refractivity contribution in [2.45, 2.75) is 57.5 Å². The zero-order valence-corrected chi connectivity index (χ0v) is 15.2. The van der Waals surface area contributed by atoms with Gasteiger partial charge in [-0.1, -0.05) is 31.0 Å². The molecular formula is C19H29N3S. The Labute approximate surface area is 146 Å². The molecule has 1 aromatic rings. The maximum atomic E-state index is 5.63. The van der Waals surface area contributed by atoms with Crippen LogP contribution in [-0.4, -0.2) is 47.1 Å². The highest BCUT2D eigenvalue weighted by atomic mass is 32.1. The van der Waals surface area contributed by atoms with Crippen molar-refractivity contribution < 1.29 is 0 Å². The van der Waals surface area contributed by atoms with Crippen LogP contribution in [0.1, 0.15) is 44.1 Å². The van der Waals surface area contributed by atoms with Crippen LogP contribution in [0.15, 0.2) is 24.3 Å². The third-order valence-electron chi connectivity index (χ3n) is 5.61. The Morgan fingerprint density at radius 1 is 1.09 bits per heavy atom. The van der Waals surface area contributed by atoms with E-state index in [2.05, 4.69) is 53.4 Å². The van der Waals surface area contributed by atoms with E-state index in [1.807, 2.05) is 0 Å². The van der Waals surface area contributed by atoms with Crippen molar-refractivity contribution in [2.75, 3.05) is 25.5 Å². The van der Waals surface area contributed by atoms with E-state index >= 15 is 0 Å². The van der Waals surface area contributed by atoms with Gasteiger partial charge in [0.15, 0.2) is 5.11 Å². The van der Waals surface area contributed by atoms with Gasteiger partial charge in [0, 0.05) is 30.9 Å². The zero-order chi connectivity index (χ0) is 16.2. The van der Waals surface area contributed by atoms with Crippen LogP contribution in [0.3, 0.4) is 0 Å². The van der Waals surface area contributed by atoms with Crippen molar-refractivity contribution in [3.05, 3.63) is 29.8 Å². The number of piperidine rings is 1. The number of thiocarbonyl (C=S) groups is 1. The molecule has 1 aliphatic carbocycles. The van der Waals surface area contributed by atoms with Crippen molar-refractivity contribution in [3.8, 4) is 0 Å². The summed E-state index contributed by atoms with van der Waals surface area (Å²) in [5.74, 6) is 0. The van der Waals surface area contributed by atoms with Gasteiger partial charge in [-0.25, -0.2) is 0 Å². The van der Waals surface area contributed by atoms with E-state index in [0.29, 0.717) is 0 Å². The Bertz CT molecular complexity index is 531. The second-order valence-corrected chi connectivity index (χ2v) is 7.45. The molecule has 4 heteroatoms. The number of nitrogens with zero attached hydrogens (tertiary/aromatic N) is 2. The Morgan fingerprint density at radius 2 is 1.70 bits per heavy atom. The fourth-order valence-corrected chi connectivity index (χ4v) is 4.29. The lowest BCUT2D eigenvalue weighted by molar-refractivity contribution is 0.122. The van der Waals surface area contributed by atoms with Gasteiger partial charge in [0.1, 0.15) is 0 Å². The predicted octanol–water partition coefficient (Wildman–Crippen LogP) is 4.03. The van der Waals surface area contributed by atoms with Crippen molar-refractivity contribution in [3.63, 3.8) is 0 Å². The van der Waals surface area contributed by atoms with Crippen LogP contribution in [0.4, 0.5) is 5.69 Å². The number of nitrogens with one attached hydrogen (secondary N) is 1. The zero-order valence-electron chi connectivity index (χ0n) is 14.4. The minimum atomic E-state index is 0.732. The Hall–Kier alpha value is -1.13. The lowest BCUT2D eigenvalue weighted by Gasteiger charge is -2.40. The average Bonchev–Trinajstić information content (AvgIpc) is 3.11. The minimum Gasteiger partial charge on any atom is -0.349 e. The molecule has 23 heavy (non-hydrogen) atoms. The van der Waals surface area contributed by atoms with Gasteiger partial charge < -0.3 is 15.1 Å². The van der Waals surface area contributed by atoms with E-state index in [9.17, 15) is 0 Å². The summed E-state index contributed by atoms with van der Waals surface area (Å²) in [7, 11) is 2.33. The van der Waals surface area contributed by atoms with E-state index in [0.717, 1.165) is 36.0 Å². The maximum Gasteiger partial charge on any atom is 0.173 e. The highest BCUT2D eigenvalue weighted by Gasteiger charge is 2.29. The van der Waals surface area contributed by atoms with Crippen LogP contribution in [0.2, 0.25) is 0 Å². The number of para-hydroxylation sites is 1. The summed E-state index contributed by atoms with van der Waals surface area (Å²) in [6, 6.07) is 9.89. The van der Waals surface area contributed by atoms with E-state index < -0.39 is 0 Å². The fraction of sp³-hybridized carbons (Fsp3) is 0.632. The van der Waals surface area contributed by atoms with E-state index in [1.54, 1.807) is 0 Å². The molecule has 1 saturated heterocycles. The third-order valence-corrected chi connectivity index (χ3v) is 5.98. The molecule has 0 unspecified atom stereocenters. The standard InChI is InChI=1S/C19H29N3S/c1-15-7-3-6-10-18(15)20-19(23)22-13-11-17(12-14-22)21(2)16-8-4-5-9-16/h3,6-7,10,16-17H,4-5,8-9,11-14H2,1-2H3,(H,20,23). The number of hydrogen-bond acceptors (Lipinski definition) is 2. The molecule has 0 atom stereocenters. The molecule has 1 saturated carbocycles. The van der Waals surface area contributed by atoms with Gasteiger partial charge in [-0.2, -0.15) is 0 Å². The first kappa shape index (κ1) is 16.7. The molecule has 1 N–H and O–H groups in total. The third kappa shape index (κ3) is 4.04. The largest absolute Gasteiger partial charge is 0.349 e. The Morgan fingerprint density at radius 3 is 2.35 bits per heavy atom. The number of benzene rings is 1. The van der Waals surface area contributed by atoms with Gasteiger partial charge in [-0.3, -0.25) is 0 Å². The summed E-state index contributed by atoms with van der Waals surface area (Å²) < 4.78 is 0. The van der Waals surface area contributed by atoms with Gasteiger partial charge in [0.05, 0.1) is 0 Å². The van der Waals surface area contributed by atoms with Crippen LogP contribution in [-0.2, 0) is 0 Å². The monoisotopic (exact) mass is 331 g/mol. The Balaban J connectivity index is 1.50. The van der Waals surface area contributed by atoms with E-state index in [1.165, 1.54) is 44.1 Å². The molecule has 0 spiro atoms. The summed E-state index contributed by atoms with van der Waals surface area (Å²) >= 11 is 5.63. The maximum absolute atomic E-state index is 5.63. The first-order valence-corrected chi connectivity index (χ1v) is 9.39. The van der Waals surface area contributed by atoms with Crippen LogP contribution in [0.25, 0.3) is 0 Å². The number of rotatable bonds is 3. The molecule has 1 aliphatic heterocycles. The molecule has 2 fully saturated rings. The van der Waals surface area contributed by atoms with Crippen molar-refractivity contribution in [1.82, 2.24) is 9.80 Å². The average molecular weight is 332 g/mol. The number of likely N-dealkylation sites (tertiary alicyclic amines) is 1. The summed E-state index contributed by atoms with van der Waals surface area (Å²) in [6.45, 7) is 4.26. The number of hydrogen-bond donors (Lipinski definition) is 1. The lowest BCUT2D eigenvalue weighted by atomic mass is 10.0. The second kappa shape index (κ2) is 7.63. The van der Waals surface area contributed by atoms with Gasteiger partial charge in [0.2, 0.25) is 0 Å². The lowest BCUT2D eigenvalue weighted by Crippen LogP contribution is -2.48. The van der Waals surface area contributed by atoms with Crippen LogP contribution < -0.4 is 5.32 Å². The normalized spacial score (nSPS) is 20.2. The van der Waals surface area contributed by atoms with Crippen LogP contribution in [0, 0.1) is 6.92 Å². The Kier molecular flexibility index (Phi) is 5.54. The van der Waals surface area contributed by atoms with Crippen molar-refractivity contribution >= 4 is 23.0 Å². The quantitative estimate of drug-likeness (QED) is 0.843. The van der Waals surface area contributed by atoms with Gasteiger partial charge in [-0.15, -0.1) is 0 Å². The highest BCUT2D eigenvalue weighted by Crippen LogP contribution is 2.27. The topological polar surface area (TPSA) is 18.5 Å². The van der Waals surface area contributed by atoms with E-state index in [4.69, 9.17) is 12.2 Å². The molecular weight excluding hydrogens is 302 g/mol. The summed E-state index contributed by atoms with van der Waals surface area (Å²) in [6.07, 6.45) is 8.07. The molecule has 3 nitrogen and oxygen atoms in total. The highest BCUT2D eigenvalue weighted by molar-refractivity contribution is 7.80. The SMILES string of the molecule is Cc1ccccc1NC(=S)N1CCC(N(C)C2CCCC2)CC1. The smallest absolute Gasteiger partial charge is 0.173 e. The molecule has 126 valence electrons. The van der Waals surface area contributed by atoms with Gasteiger partial charge in [-0.05, 0) is 63.5 Å². The molecule has 1 heterocycles. The predicted molar refractivity (Wildman–Crippen MR) is 102 cm³/mol. The first-order chi connectivity index (χ1) is 11.1. The summed E-state index contributed by atoms with van der Waals surface area (Å²) in [5, 5.41) is 4.30. The van der Waals surface area contributed by atoms with Crippen molar-refractivity contribution in [2.24, 2.45) is 0 Å². The van der Waals surface area contributed by atoms with Gasteiger partial charge in [0.25, 0.3) is 0 Å². The minimum absolute atomic E-state index is 0.732. The summed E-state index contributed by atoms with van der Waals surface area (Å²) in [5.41, 5.74) is 2.37. The molecule has 0 amide bonds. The fourth-order valence-electron chi connectivity index (χ4n) is 3.99. The number of anilines is 1. The molecule has 3 rings (SSSR count). The number of aryl methyl sites for hydroxylation is 1. The van der Waals surface area contributed by atoms with E-state index in [-0.39, 0.29) is 0 Å². The van der Waals surface area contributed by atoms with Crippen LogP contribution in [0.5, 0.6) is 0 Å². The van der Waals surface area contributed by atoms with Crippen LogP contribution >= 0.6 is 12.2 Å². The molecule has 0 radical (unpaired) electrons. The first-order valence-electron chi connectivity index (χ1n) is 8.98. The summed E-state index contributed by atoms with van der Waals surface area (Å²) in [4.78, 5) is 4.99.